The van der Waals surface area contributed by atoms with E-state index in [1.165, 1.54) is 0 Å². The first-order chi connectivity index (χ1) is 11.8. The first-order valence-electron chi connectivity index (χ1n) is 9.00. The van der Waals surface area contributed by atoms with Gasteiger partial charge in [-0.1, -0.05) is 74.5 Å². The Balaban J connectivity index is 2.01. The van der Waals surface area contributed by atoms with Crippen molar-refractivity contribution in [1.82, 2.24) is 10.2 Å². The maximum atomic E-state index is 10.9. The highest BCUT2D eigenvalue weighted by Crippen LogP contribution is 2.28. The number of nitrogens with one attached hydrogen (secondary N) is 1. The van der Waals surface area contributed by atoms with Crippen molar-refractivity contribution >= 4 is 0 Å². The quantitative estimate of drug-likeness (QED) is 0.652. The second-order valence-electron chi connectivity index (χ2n) is 6.08. The molecule has 24 heavy (non-hydrogen) atoms. The normalized spacial score (nSPS) is 13.8. The Hall–Kier alpha value is -1.68. The largest absolute Gasteiger partial charge is 0.386 e. The van der Waals surface area contributed by atoms with Crippen LogP contribution < -0.4 is 5.32 Å². The van der Waals surface area contributed by atoms with Crippen molar-refractivity contribution in [3.8, 4) is 0 Å². The van der Waals surface area contributed by atoms with Gasteiger partial charge in [-0.2, -0.15) is 0 Å². The summed E-state index contributed by atoms with van der Waals surface area (Å²) in [6.45, 7) is 8.55. The predicted octanol–water partition coefficient (Wildman–Crippen LogP) is 3.78. The van der Waals surface area contributed by atoms with E-state index in [2.05, 4.69) is 36.2 Å². The molecule has 3 heteroatoms. The third-order valence-electron chi connectivity index (χ3n) is 4.53. The van der Waals surface area contributed by atoms with Crippen molar-refractivity contribution < 1.29 is 5.11 Å². The van der Waals surface area contributed by atoms with E-state index in [1.807, 2.05) is 48.5 Å². The molecule has 0 aliphatic rings. The molecule has 0 unspecified atom stereocenters. The summed E-state index contributed by atoms with van der Waals surface area (Å²) >= 11 is 0. The van der Waals surface area contributed by atoms with Crippen LogP contribution >= 0.6 is 0 Å². The summed E-state index contributed by atoms with van der Waals surface area (Å²) in [7, 11) is 0. The average molecular weight is 326 g/mol. The minimum absolute atomic E-state index is 0.0923. The molecule has 0 bridgehead atoms. The standard InChI is InChI=1S/C21H30N2O/c1-3-23(4-2)17-11-16-22-20(18-12-7-5-8-13-18)21(24)19-14-9-6-10-15-19/h5-10,12-15,20-22,24H,3-4,11,16-17H2,1-2H3/t20-,21-/m1/s1. The maximum Gasteiger partial charge on any atom is 0.0984 e. The fourth-order valence-electron chi connectivity index (χ4n) is 3.01. The van der Waals surface area contributed by atoms with Gasteiger partial charge in [0.2, 0.25) is 0 Å². The van der Waals surface area contributed by atoms with Crippen molar-refractivity contribution in [2.45, 2.75) is 32.4 Å². The molecule has 0 aliphatic carbocycles. The molecule has 0 spiro atoms. The number of nitrogens with zero attached hydrogens (tertiary/aromatic N) is 1. The van der Waals surface area contributed by atoms with Gasteiger partial charge in [-0.3, -0.25) is 0 Å². The molecule has 0 aliphatic heterocycles. The molecule has 2 atom stereocenters. The van der Waals surface area contributed by atoms with Gasteiger partial charge < -0.3 is 15.3 Å². The van der Waals surface area contributed by atoms with E-state index in [1.54, 1.807) is 0 Å². The van der Waals surface area contributed by atoms with Crippen molar-refractivity contribution in [3.63, 3.8) is 0 Å². The monoisotopic (exact) mass is 326 g/mol. The summed E-state index contributed by atoms with van der Waals surface area (Å²) in [4.78, 5) is 2.42. The van der Waals surface area contributed by atoms with Crippen LogP contribution in [0.2, 0.25) is 0 Å². The molecule has 0 aromatic heterocycles. The molecule has 0 amide bonds. The first kappa shape index (κ1) is 18.7. The zero-order valence-corrected chi connectivity index (χ0v) is 14.9. The Morgan fingerprint density at radius 1 is 0.875 bits per heavy atom. The van der Waals surface area contributed by atoms with E-state index in [9.17, 15) is 5.11 Å². The highest BCUT2D eigenvalue weighted by Gasteiger charge is 2.21. The van der Waals surface area contributed by atoms with Crippen LogP contribution in [0.4, 0.5) is 0 Å². The minimum atomic E-state index is -0.554. The van der Waals surface area contributed by atoms with Gasteiger partial charge in [0.1, 0.15) is 0 Å². The van der Waals surface area contributed by atoms with E-state index < -0.39 is 6.10 Å². The summed E-state index contributed by atoms with van der Waals surface area (Å²) in [6.07, 6.45) is 0.522. The van der Waals surface area contributed by atoms with Gasteiger partial charge in [0.05, 0.1) is 12.1 Å². The summed E-state index contributed by atoms with van der Waals surface area (Å²) in [5.74, 6) is 0. The number of hydrogen-bond acceptors (Lipinski definition) is 3. The molecule has 0 heterocycles. The highest BCUT2D eigenvalue weighted by atomic mass is 16.3. The van der Waals surface area contributed by atoms with E-state index in [0.717, 1.165) is 43.7 Å². The van der Waals surface area contributed by atoms with Crippen LogP contribution in [-0.2, 0) is 0 Å². The molecule has 2 N–H and O–H groups in total. The van der Waals surface area contributed by atoms with Crippen molar-refractivity contribution in [2.75, 3.05) is 26.2 Å². The average Bonchev–Trinajstić information content (AvgIpc) is 2.66. The molecule has 2 aromatic carbocycles. The van der Waals surface area contributed by atoms with Crippen LogP contribution in [-0.4, -0.2) is 36.2 Å². The third-order valence-corrected chi connectivity index (χ3v) is 4.53. The van der Waals surface area contributed by atoms with Crippen LogP contribution in [0.1, 0.15) is 43.5 Å². The van der Waals surface area contributed by atoms with Crippen LogP contribution in [0.15, 0.2) is 60.7 Å². The van der Waals surface area contributed by atoms with Gasteiger partial charge in [-0.25, -0.2) is 0 Å². The zero-order valence-electron chi connectivity index (χ0n) is 14.9. The van der Waals surface area contributed by atoms with Crippen LogP contribution in [0.25, 0.3) is 0 Å². The summed E-state index contributed by atoms with van der Waals surface area (Å²) < 4.78 is 0. The number of benzene rings is 2. The summed E-state index contributed by atoms with van der Waals surface area (Å²) in [5, 5.41) is 14.4. The van der Waals surface area contributed by atoms with Gasteiger partial charge in [0.15, 0.2) is 0 Å². The van der Waals surface area contributed by atoms with Crippen LogP contribution in [0.3, 0.4) is 0 Å². The Bertz CT molecular complexity index is 555. The smallest absolute Gasteiger partial charge is 0.0984 e. The maximum absolute atomic E-state index is 10.9. The summed E-state index contributed by atoms with van der Waals surface area (Å²) in [6, 6.07) is 20.0. The number of aliphatic hydroxyl groups is 1. The van der Waals surface area contributed by atoms with E-state index >= 15 is 0 Å². The van der Waals surface area contributed by atoms with Crippen LogP contribution in [0.5, 0.6) is 0 Å². The lowest BCUT2D eigenvalue weighted by atomic mass is 9.95. The van der Waals surface area contributed by atoms with Gasteiger partial charge >= 0.3 is 0 Å². The van der Waals surface area contributed by atoms with Gasteiger partial charge in [-0.05, 0) is 43.7 Å². The topological polar surface area (TPSA) is 35.5 Å². The Morgan fingerprint density at radius 3 is 1.96 bits per heavy atom. The molecule has 0 fully saturated rings. The lowest BCUT2D eigenvalue weighted by Gasteiger charge is -2.26. The van der Waals surface area contributed by atoms with E-state index in [0.29, 0.717) is 0 Å². The zero-order chi connectivity index (χ0) is 17.2. The second-order valence-corrected chi connectivity index (χ2v) is 6.08. The van der Waals surface area contributed by atoms with E-state index in [-0.39, 0.29) is 6.04 Å². The SMILES string of the molecule is CCN(CC)CCCN[C@H](c1ccccc1)[C@H](O)c1ccccc1. The lowest BCUT2D eigenvalue weighted by molar-refractivity contribution is 0.127. The lowest BCUT2D eigenvalue weighted by Crippen LogP contribution is -2.31. The fraction of sp³-hybridized carbons (Fsp3) is 0.429. The highest BCUT2D eigenvalue weighted by molar-refractivity contribution is 5.26. The van der Waals surface area contributed by atoms with Crippen molar-refractivity contribution in [2.24, 2.45) is 0 Å². The predicted molar refractivity (Wildman–Crippen MR) is 101 cm³/mol. The number of aliphatic hydroxyl groups excluding tert-OH is 1. The molecular weight excluding hydrogens is 296 g/mol. The molecule has 0 saturated heterocycles. The van der Waals surface area contributed by atoms with Crippen LogP contribution in [0, 0.1) is 0 Å². The number of rotatable bonds is 10. The minimum Gasteiger partial charge on any atom is -0.386 e. The van der Waals surface area contributed by atoms with Gasteiger partial charge in [0.25, 0.3) is 0 Å². The molecular formula is C21H30N2O. The van der Waals surface area contributed by atoms with Crippen molar-refractivity contribution in [1.29, 1.82) is 0 Å². The number of hydrogen-bond donors (Lipinski definition) is 2. The Kier molecular flexibility index (Phi) is 7.96. The Labute approximate surface area is 146 Å². The molecule has 0 radical (unpaired) electrons. The first-order valence-corrected chi connectivity index (χ1v) is 9.00. The summed E-state index contributed by atoms with van der Waals surface area (Å²) in [5.41, 5.74) is 2.07. The molecule has 2 aromatic rings. The molecule has 3 nitrogen and oxygen atoms in total. The second kappa shape index (κ2) is 10.2. The fourth-order valence-corrected chi connectivity index (χ4v) is 3.01. The Morgan fingerprint density at radius 2 is 1.42 bits per heavy atom. The third kappa shape index (κ3) is 5.45. The van der Waals surface area contributed by atoms with Crippen molar-refractivity contribution in [3.05, 3.63) is 71.8 Å². The molecule has 0 saturated carbocycles. The molecule has 130 valence electrons. The van der Waals surface area contributed by atoms with Gasteiger partial charge in [0, 0.05) is 0 Å². The van der Waals surface area contributed by atoms with E-state index in [4.69, 9.17) is 0 Å². The van der Waals surface area contributed by atoms with Gasteiger partial charge in [-0.15, -0.1) is 0 Å². The molecule has 2 rings (SSSR count).